The predicted octanol–water partition coefficient (Wildman–Crippen LogP) is 0.866. The summed E-state index contributed by atoms with van der Waals surface area (Å²) < 4.78 is 0. The van der Waals surface area contributed by atoms with Gasteiger partial charge in [0.1, 0.15) is 0 Å². The molecule has 2 aromatic heterocycles. The minimum absolute atomic E-state index is 0.572. The van der Waals surface area contributed by atoms with Gasteiger partial charge in [-0.3, -0.25) is 0 Å². The van der Waals surface area contributed by atoms with E-state index >= 15 is 0 Å². The molecule has 6 heteroatoms. The van der Waals surface area contributed by atoms with Crippen molar-refractivity contribution >= 4 is 5.95 Å². The van der Waals surface area contributed by atoms with Crippen molar-refractivity contribution in [3.8, 4) is 0 Å². The lowest BCUT2D eigenvalue weighted by molar-refractivity contribution is 0.873. The van der Waals surface area contributed by atoms with E-state index in [9.17, 15) is 0 Å². The van der Waals surface area contributed by atoms with Crippen LogP contribution in [0.3, 0.4) is 0 Å². The van der Waals surface area contributed by atoms with Gasteiger partial charge in [-0.15, -0.1) is 5.10 Å². The van der Waals surface area contributed by atoms with Crippen LogP contribution < -0.4 is 5.32 Å². The highest BCUT2D eigenvalue weighted by Gasteiger charge is 2.00. The lowest BCUT2D eigenvalue weighted by Crippen LogP contribution is -2.10. The molecule has 0 saturated heterocycles. The van der Waals surface area contributed by atoms with E-state index in [0.29, 0.717) is 5.95 Å². The van der Waals surface area contributed by atoms with Gasteiger partial charge in [0, 0.05) is 24.9 Å². The fourth-order valence-electron chi connectivity index (χ4n) is 1.26. The molecule has 0 bridgehead atoms. The van der Waals surface area contributed by atoms with Crippen molar-refractivity contribution in [3.05, 3.63) is 29.6 Å². The fraction of sp³-hybridized carbons (Fsp3) is 0.400. The van der Waals surface area contributed by atoms with Gasteiger partial charge in [0.15, 0.2) is 0 Å². The highest BCUT2D eigenvalue weighted by molar-refractivity contribution is 5.24. The smallest absolute Gasteiger partial charge is 0.242 e. The van der Waals surface area contributed by atoms with E-state index in [0.717, 1.165) is 30.0 Å². The average molecular weight is 218 g/mol. The minimum atomic E-state index is 0.572. The first-order valence-electron chi connectivity index (χ1n) is 5.15. The maximum atomic E-state index is 4.28. The number of nitrogens with one attached hydrogen (secondary N) is 2. The molecule has 6 nitrogen and oxygen atoms in total. The van der Waals surface area contributed by atoms with Gasteiger partial charge in [-0.25, -0.2) is 9.97 Å². The van der Waals surface area contributed by atoms with Gasteiger partial charge < -0.3 is 10.3 Å². The first kappa shape index (κ1) is 10.5. The monoisotopic (exact) mass is 218 g/mol. The molecule has 2 aromatic rings. The third-order valence-corrected chi connectivity index (χ3v) is 2.32. The van der Waals surface area contributed by atoms with E-state index in [1.165, 1.54) is 0 Å². The number of hydrogen-bond acceptors (Lipinski definition) is 5. The summed E-state index contributed by atoms with van der Waals surface area (Å²) in [6, 6.07) is 0. The molecule has 2 rings (SSSR count). The van der Waals surface area contributed by atoms with Crippen LogP contribution in [0.15, 0.2) is 12.5 Å². The van der Waals surface area contributed by atoms with Crippen LogP contribution in [0, 0.1) is 13.8 Å². The highest BCUT2D eigenvalue weighted by Crippen LogP contribution is 2.02. The largest absolute Gasteiger partial charge is 0.353 e. The topological polar surface area (TPSA) is 79.4 Å². The number of aromatic nitrogens is 5. The number of imidazole rings is 1. The number of aromatic amines is 1. The number of nitrogens with zero attached hydrogens (tertiary/aromatic N) is 4. The van der Waals surface area contributed by atoms with E-state index in [1.807, 2.05) is 13.8 Å². The molecule has 0 fully saturated rings. The average Bonchev–Trinajstić information content (AvgIpc) is 2.76. The third-order valence-electron chi connectivity index (χ3n) is 2.32. The van der Waals surface area contributed by atoms with Crippen molar-refractivity contribution in [1.29, 1.82) is 0 Å². The molecule has 0 spiro atoms. The SMILES string of the molecule is Cc1nnc(NCCc2cnc[nH]2)nc1C. The second kappa shape index (κ2) is 4.69. The lowest BCUT2D eigenvalue weighted by atomic mass is 10.3. The van der Waals surface area contributed by atoms with Gasteiger partial charge in [0.05, 0.1) is 17.7 Å². The van der Waals surface area contributed by atoms with E-state index in [1.54, 1.807) is 12.5 Å². The summed E-state index contributed by atoms with van der Waals surface area (Å²) in [5.41, 5.74) is 2.85. The van der Waals surface area contributed by atoms with E-state index in [2.05, 4.69) is 30.5 Å². The molecule has 0 aliphatic heterocycles. The zero-order chi connectivity index (χ0) is 11.4. The van der Waals surface area contributed by atoms with Crippen molar-refractivity contribution in [2.45, 2.75) is 20.3 Å². The zero-order valence-corrected chi connectivity index (χ0v) is 9.36. The molecule has 0 aliphatic rings. The normalized spacial score (nSPS) is 10.4. The quantitative estimate of drug-likeness (QED) is 0.795. The third kappa shape index (κ3) is 2.53. The van der Waals surface area contributed by atoms with Crippen molar-refractivity contribution in [1.82, 2.24) is 25.1 Å². The summed E-state index contributed by atoms with van der Waals surface area (Å²) in [7, 11) is 0. The molecule has 0 aliphatic carbocycles. The molecular formula is C10H14N6. The molecule has 0 saturated carbocycles. The summed E-state index contributed by atoms with van der Waals surface area (Å²) in [6.07, 6.45) is 4.33. The second-order valence-electron chi connectivity index (χ2n) is 3.56. The Morgan fingerprint density at radius 3 is 2.81 bits per heavy atom. The molecule has 16 heavy (non-hydrogen) atoms. The summed E-state index contributed by atoms with van der Waals surface area (Å²) >= 11 is 0. The van der Waals surface area contributed by atoms with Crippen LogP contribution in [0.1, 0.15) is 17.1 Å². The van der Waals surface area contributed by atoms with Crippen molar-refractivity contribution in [2.75, 3.05) is 11.9 Å². The molecule has 0 atom stereocenters. The van der Waals surface area contributed by atoms with E-state index in [-0.39, 0.29) is 0 Å². The number of hydrogen-bond donors (Lipinski definition) is 2. The molecule has 2 heterocycles. The van der Waals surface area contributed by atoms with Gasteiger partial charge in [-0.1, -0.05) is 0 Å². The lowest BCUT2D eigenvalue weighted by Gasteiger charge is -2.04. The molecule has 2 N–H and O–H groups in total. The van der Waals surface area contributed by atoms with Crippen LogP contribution in [-0.4, -0.2) is 31.7 Å². The Hall–Kier alpha value is -1.98. The molecule has 0 amide bonds. The van der Waals surface area contributed by atoms with Crippen LogP contribution >= 0.6 is 0 Å². The van der Waals surface area contributed by atoms with E-state index in [4.69, 9.17) is 0 Å². The molecule has 84 valence electrons. The molecular weight excluding hydrogens is 204 g/mol. The standard InChI is InChI=1S/C10H14N6/c1-7-8(2)15-16-10(14-7)12-4-3-9-5-11-6-13-9/h5-6H,3-4H2,1-2H3,(H,11,13)(H,12,14,16). The van der Waals surface area contributed by atoms with Gasteiger partial charge in [-0.05, 0) is 13.8 Å². The van der Waals surface area contributed by atoms with E-state index < -0.39 is 0 Å². The first-order chi connectivity index (χ1) is 7.75. The predicted molar refractivity (Wildman–Crippen MR) is 60.1 cm³/mol. The van der Waals surface area contributed by atoms with Gasteiger partial charge in [-0.2, -0.15) is 5.10 Å². The van der Waals surface area contributed by atoms with Gasteiger partial charge in [0.2, 0.25) is 5.95 Å². The van der Waals surface area contributed by atoms with Crippen molar-refractivity contribution in [3.63, 3.8) is 0 Å². The Morgan fingerprint density at radius 1 is 1.25 bits per heavy atom. The highest BCUT2D eigenvalue weighted by atomic mass is 15.2. The van der Waals surface area contributed by atoms with Gasteiger partial charge in [0.25, 0.3) is 0 Å². The molecule has 0 radical (unpaired) electrons. The Balaban J connectivity index is 1.87. The zero-order valence-electron chi connectivity index (χ0n) is 9.36. The van der Waals surface area contributed by atoms with Crippen LogP contribution in [0.2, 0.25) is 0 Å². The second-order valence-corrected chi connectivity index (χ2v) is 3.56. The molecule has 0 unspecified atom stereocenters. The number of anilines is 1. The Kier molecular flexibility index (Phi) is 3.09. The van der Waals surface area contributed by atoms with Crippen LogP contribution in [0.4, 0.5) is 5.95 Å². The Labute approximate surface area is 93.6 Å². The maximum Gasteiger partial charge on any atom is 0.242 e. The first-order valence-corrected chi connectivity index (χ1v) is 5.15. The minimum Gasteiger partial charge on any atom is -0.353 e. The van der Waals surface area contributed by atoms with Crippen LogP contribution in [-0.2, 0) is 6.42 Å². The van der Waals surface area contributed by atoms with Crippen LogP contribution in [0.5, 0.6) is 0 Å². The summed E-state index contributed by atoms with van der Waals surface area (Å²) in [5.74, 6) is 0.572. The number of H-pyrrole nitrogens is 1. The van der Waals surface area contributed by atoms with Crippen molar-refractivity contribution in [2.24, 2.45) is 0 Å². The summed E-state index contributed by atoms with van der Waals surface area (Å²) in [5, 5.41) is 11.1. The summed E-state index contributed by atoms with van der Waals surface area (Å²) in [6.45, 7) is 4.57. The maximum absolute atomic E-state index is 4.28. The molecule has 0 aromatic carbocycles. The number of rotatable bonds is 4. The number of aryl methyl sites for hydroxylation is 2. The Bertz CT molecular complexity index is 450. The van der Waals surface area contributed by atoms with Crippen molar-refractivity contribution < 1.29 is 0 Å². The fourth-order valence-corrected chi connectivity index (χ4v) is 1.26. The van der Waals surface area contributed by atoms with Crippen LogP contribution in [0.25, 0.3) is 0 Å². The summed E-state index contributed by atoms with van der Waals surface area (Å²) in [4.78, 5) is 11.3. The Morgan fingerprint density at radius 2 is 2.12 bits per heavy atom. The van der Waals surface area contributed by atoms with Gasteiger partial charge >= 0.3 is 0 Å².